The largest absolute Gasteiger partial charge is 0.493 e. The molecule has 3 rings (SSSR count). The number of aromatic nitrogens is 1. The van der Waals surface area contributed by atoms with Crippen molar-refractivity contribution < 1.29 is 14.3 Å². The molecule has 2 aromatic heterocycles. The zero-order chi connectivity index (χ0) is 18.4. The van der Waals surface area contributed by atoms with Gasteiger partial charge in [0.15, 0.2) is 11.5 Å². The van der Waals surface area contributed by atoms with E-state index in [0.717, 1.165) is 11.3 Å². The Hall–Kier alpha value is -2.86. The monoisotopic (exact) mass is 368 g/mol. The molecule has 0 saturated carbocycles. The van der Waals surface area contributed by atoms with E-state index >= 15 is 0 Å². The maximum Gasteiger partial charge on any atom is 0.258 e. The number of carbonyl (C=O) groups excluding carboxylic acids is 1. The molecule has 0 atom stereocenters. The summed E-state index contributed by atoms with van der Waals surface area (Å²) >= 11 is 1.61. The fourth-order valence-corrected chi connectivity index (χ4v) is 3.38. The van der Waals surface area contributed by atoms with Crippen LogP contribution in [0.15, 0.2) is 59.4 Å². The first-order chi connectivity index (χ1) is 12.7. The number of benzene rings is 1. The third-order valence-corrected chi connectivity index (χ3v) is 4.69. The number of amides is 1. The molecule has 0 bridgehead atoms. The summed E-state index contributed by atoms with van der Waals surface area (Å²) in [5, 5.41) is 4.05. The van der Waals surface area contributed by atoms with Crippen LogP contribution in [0.4, 0.5) is 0 Å². The van der Waals surface area contributed by atoms with Gasteiger partial charge in [-0.25, -0.2) is 0 Å². The molecular formula is C20H20N2O3S. The molecule has 0 unspecified atom stereocenters. The number of methoxy groups -OCH3 is 2. The lowest BCUT2D eigenvalue weighted by atomic mass is 10.1. The molecule has 0 saturated heterocycles. The predicted octanol–water partition coefficient (Wildman–Crippen LogP) is 4.00. The van der Waals surface area contributed by atoms with Gasteiger partial charge in [-0.2, -0.15) is 11.3 Å². The summed E-state index contributed by atoms with van der Waals surface area (Å²) in [4.78, 5) is 19.4. The molecule has 1 aromatic carbocycles. The van der Waals surface area contributed by atoms with Gasteiger partial charge < -0.3 is 14.4 Å². The van der Waals surface area contributed by atoms with Gasteiger partial charge in [-0.15, -0.1) is 0 Å². The minimum absolute atomic E-state index is 0.127. The highest BCUT2D eigenvalue weighted by Gasteiger charge is 2.23. The fraction of sp³-hybridized carbons (Fsp3) is 0.200. The maximum atomic E-state index is 13.3. The maximum absolute atomic E-state index is 13.3. The summed E-state index contributed by atoms with van der Waals surface area (Å²) in [5.74, 6) is 0.848. The van der Waals surface area contributed by atoms with E-state index < -0.39 is 0 Å². The second kappa shape index (κ2) is 8.49. The minimum atomic E-state index is -0.127. The first-order valence-corrected chi connectivity index (χ1v) is 9.08. The number of para-hydroxylation sites is 1. The predicted molar refractivity (Wildman–Crippen MR) is 102 cm³/mol. The van der Waals surface area contributed by atoms with Crippen molar-refractivity contribution >= 4 is 17.2 Å². The van der Waals surface area contributed by atoms with Crippen molar-refractivity contribution in [2.45, 2.75) is 13.1 Å². The summed E-state index contributed by atoms with van der Waals surface area (Å²) in [5.41, 5.74) is 2.39. The quantitative estimate of drug-likeness (QED) is 0.632. The average molecular weight is 368 g/mol. The van der Waals surface area contributed by atoms with Crippen molar-refractivity contribution in [3.05, 3.63) is 76.2 Å². The third kappa shape index (κ3) is 4.03. The molecule has 0 aliphatic carbocycles. The normalized spacial score (nSPS) is 10.4. The molecule has 0 aliphatic heterocycles. The van der Waals surface area contributed by atoms with Crippen LogP contribution in [0.1, 0.15) is 21.6 Å². The SMILES string of the molecule is COc1cccc(C(=O)N(Cc2ccsc2)Cc2ccccn2)c1OC. The number of rotatable bonds is 7. The Labute approximate surface area is 156 Å². The van der Waals surface area contributed by atoms with Gasteiger partial charge in [0.25, 0.3) is 5.91 Å². The number of hydrogen-bond acceptors (Lipinski definition) is 5. The highest BCUT2D eigenvalue weighted by molar-refractivity contribution is 7.07. The Morgan fingerprint density at radius 1 is 1.08 bits per heavy atom. The highest BCUT2D eigenvalue weighted by atomic mass is 32.1. The van der Waals surface area contributed by atoms with Crippen molar-refractivity contribution in [1.82, 2.24) is 9.88 Å². The second-order valence-electron chi connectivity index (χ2n) is 5.65. The van der Waals surface area contributed by atoms with E-state index in [4.69, 9.17) is 9.47 Å². The van der Waals surface area contributed by atoms with Crippen LogP contribution < -0.4 is 9.47 Å². The van der Waals surface area contributed by atoms with Gasteiger partial charge in [0.05, 0.1) is 32.0 Å². The lowest BCUT2D eigenvalue weighted by Crippen LogP contribution is -2.30. The van der Waals surface area contributed by atoms with Crippen molar-refractivity contribution in [3.8, 4) is 11.5 Å². The van der Waals surface area contributed by atoms with Crippen LogP contribution in [-0.2, 0) is 13.1 Å². The number of pyridine rings is 1. The smallest absolute Gasteiger partial charge is 0.258 e. The standard InChI is InChI=1S/C20H20N2O3S/c1-24-18-8-5-7-17(19(18)25-2)20(23)22(12-15-9-11-26-14-15)13-16-6-3-4-10-21-16/h3-11,14H,12-13H2,1-2H3. The Bertz CT molecular complexity index is 851. The molecule has 6 heteroatoms. The summed E-state index contributed by atoms with van der Waals surface area (Å²) in [6, 6.07) is 13.0. The van der Waals surface area contributed by atoms with Gasteiger partial charge in [0, 0.05) is 12.7 Å². The van der Waals surface area contributed by atoms with Crippen LogP contribution in [0.3, 0.4) is 0 Å². The molecule has 1 amide bonds. The summed E-state index contributed by atoms with van der Waals surface area (Å²) in [6.07, 6.45) is 1.73. The van der Waals surface area contributed by atoms with Crippen molar-refractivity contribution in [1.29, 1.82) is 0 Å². The first kappa shape index (κ1) is 17.9. The van der Waals surface area contributed by atoms with Gasteiger partial charge in [-0.1, -0.05) is 12.1 Å². The van der Waals surface area contributed by atoms with Gasteiger partial charge in [0.1, 0.15) is 0 Å². The van der Waals surface area contributed by atoms with Crippen LogP contribution in [-0.4, -0.2) is 30.0 Å². The number of thiophene rings is 1. The lowest BCUT2D eigenvalue weighted by molar-refractivity contribution is 0.0724. The van der Waals surface area contributed by atoms with Gasteiger partial charge in [-0.3, -0.25) is 9.78 Å². The number of hydrogen-bond donors (Lipinski definition) is 0. The molecule has 0 radical (unpaired) electrons. The van der Waals surface area contributed by atoms with Gasteiger partial charge in [0.2, 0.25) is 0 Å². The van der Waals surface area contributed by atoms with Crippen LogP contribution in [0, 0.1) is 0 Å². The summed E-state index contributed by atoms with van der Waals surface area (Å²) in [7, 11) is 3.10. The van der Waals surface area contributed by atoms with Gasteiger partial charge in [-0.05, 0) is 46.7 Å². The van der Waals surface area contributed by atoms with E-state index in [1.165, 1.54) is 7.11 Å². The molecule has 0 fully saturated rings. The lowest BCUT2D eigenvalue weighted by Gasteiger charge is -2.23. The van der Waals surface area contributed by atoms with E-state index in [0.29, 0.717) is 30.2 Å². The highest BCUT2D eigenvalue weighted by Crippen LogP contribution is 2.32. The topological polar surface area (TPSA) is 51.7 Å². The Balaban J connectivity index is 1.94. The molecular weight excluding hydrogens is 348 g/mol. The van der Waals surface area contributed by atoms with Crippen LogP contribution in [0.25, 0.3) is 0 Å². The van der Waals surface area contributed by atoms with E-state index in [1.807, 2.05) is 35.0 Å². The molecule has 0 spiro atoms. The molecule has 5 nitrogen and oxygen atoms in total. The molecule has 2 heterocycles. The molecule has 26 heavy (non-hydrogen) atoms. The third-order valence-electron chi connectivity index (χ3n) is 3.95. The molecule has 134 valence electrons. The number of nitrogens with zero attached hydrogens (tertiary/aromatic N) is 2. The van der Waals surface area contributed by atoms with E-state index in [-0.39, 0.29) is 5.91 Å². The number of carbonyl (C=O) groups is 1. The number of ether oxygens (including phenoxy) is 2. The van der Waals surface area contributed by atoms with E-state index in [9.17, 15) is 4.79 Å². The van der Waals surface area contributed by atoms with Crippen LogP contribution in [0.5, 0.6) is 11.5 Å². The molecule has 0 aliphatic rings. The zero-order valence-corrected chi connectivity index (χ0v) is 15.5. The van der Waals surface area contributed by atoms with Gasteiger partial charge >= 0.3 is 0 Å². The van der Waals surface area contributed by atoms with E-state index in [1.54, 1.807) is 47.7 Å². The molecule has 0 N–H and O–H groups in total. The summed E-state index contributed by atoms with van der Waals surface area (Å²) in [6.45, 7) is 0.912. The zero-order valence-electron chi connectivity index (χ0n) is 14.7. The van der Waals surface area contributed by atoms with Crippen LogP contribution in [0.2, 0.25) is 0 Å². The average Bonchev–Trinajstić information content (AvgIpc) is 3.20. The molecule has 3 aromatic rings. The minimum Gasteiger partial charge on any atom is -0.493 e. The Morgan fingerprint density at radius 3 is 2.62 bits per heavy atom. The Kier molecular flexibility index (Phi) is 5.86. The fourth-order valence-electron chi connectivity index (χ4n) is 2.72. The second-order valence-corrected chi connectivity index (χ2v) is 6.44. The van der Waals surface area contributed by atoms with Crippen molar-refractivity contribution in [2.24, 2.45) is 0 Å². The first-order valence-electron chi connectivity index (χ1n) is 8.14. The summed E-state index contributed by atoms with van der Waals surface area (Å²) < 4.78 is 10.8. The Morgan fingerprint density at radius 2 is 1.96 bits per heavy atom. The van der Waals surface area contributed by atoms with E-state index in [2.05, 4.69) is 4.98 Å². The van der Waals surface area contributed by atoms with Crippen molar-refractivity contribution in [3.63, 3.8) is 0 Å². The van der Waals surface area contributed by atoms with Crippen molar-refractivity contribution in [2.75, 3.05) is 14.2 Å². The van der Waals surface area contributed by atoms with Crippen LogP contribution >= 0.6 is 11.3 Å².